The first-order chi connectivity index (χ1) is 12.5. The van der Waals surface area contributed by atoms with E-state index in [1.165, 1.54) is 0 Å². The number of aromatic nitrogens is 5. The van der Waals surface area contributed by atoms with Gasteiger partial charge in [0.05, 0.1) is 30.7 Å². The van der Waals surface area contributed by atoms with Crippen LogP contribution in [0.2, 0.25) is 0 Å². The summed E-state index contributed by atoms with van der Waals surface area (Å²) < 4.78 is 7.55. The van der Waals surface area contributed by atoms with Gasteiger partial charge in [-0.25, -0.2) is 0 Å². The van der Waals surface area contributed by atoms with Gasteiger partial charge in [0, 0.05) is 11.9 Å². The van der Waals surface area contributed by atoms with E-state index in [4.69, 9.17) is 4.74 Å². The molecule has 8 nitrogen and oxygen atoms in total. The third-order valence-corrected chi connectivity index (χ3v) is 3.81. The maximum Gasteiger partial charge on any atom is 0.271 e. The predicted molar refractivity (Wildman–Crippen MR) is 96.1 cm³/mol. The molecule has 0 aliphatic heterocycles. The topological polar surface area (TPSA) is 97.7 Å². The molecule has 0 aliphatic rings. The summed E-state index contributed by atoms with van der Waals surface area (Å²) in [6.07, 6.45) is 3.13. The van der Waals surface area contributed by atoms with Crippen molar-refractivity contribution in [3.63, 3.8) is 0 Å². The Bertz CT molecular complexity index is 871. The van der Waals surface area contributed by atoms with Crippen LogP contribution in [0.3, 0.4) is 0 Å². The zero-order valence-corrected chi connectivity index (χ0v) is 15.1. The summed E-state index contributed by atoms with van der Waals surface area (Å²) in [5.41, 5.74) is 3.18. The smallest absolute Gasteiger partial charge is 0.271 e. The van der Waals surface area contributed by atoms with Crippen molar-refractivity contribution in [2.45, 2.75) is 33.4 Å². The molecule has 1 amide bonds. The standard InChI is InChI=1S/C18H22N6O2/c1-12-7-13(2)24(23-12)11-15-8-17(22-21-15)18(25)20-9-14(3)26-16-5-4-6-19-10-16/h4-8,10,14H,9,11H2,1-3H3,(H,20,25)(H,21,22)/t14-/m1/s1. The van der Waals surface area contributed by atoms with Crippen LogP contribution in [0.5, 0.6) is 5.75 Å². The minimum atomic E-state index is -0.248. The van der Waals surface area contributed by atoms with Crippen molar-refractivity contribution < 1.29 is 9.53 Å². The van der Waals surface area contributed by atoms with Gasteiger partial charge in [0.25, 0.3) is 5.91 Å². The van der Waals surface area contributed by atoms with E-state index < -0.39 is 0 Å². The van der Waals surface area contributed by atoms with E-state index in [9.17, 15) is 4.79 Å². The summed E-state index contributed by atoms with van der Waals surface area (Å²) in [5, 5.41) is 14.2. The molecular weight excluding hydrogens is 332 g/mol. The zero-order valence-electron chi connectivity index (χ0n) is 15.1. The summed E-state index contributed by atoms with van der Waals surface area (Å²) in [4.78, 5) is 16.2. The van der Waals surface area contributed by atoms with E-state index in [0.29, 0.717) is 24.5 Å². The second-order valence-corrected chi connectivity index (χ2v) is 6.19. The lowest BCUT2D eigenvalue weighted by atomic mass is 10.3. The first-order valence-corrected chi connectivity index (χ1v) is 8.41. The van der Waals surface area contributed by atoms with Gasteiger partial charge in [-0.1, -0.05) is 0 Å². The van der Waals surface area contributed by atoms with E-state index >= 15 is 0 Å². The molecule has 0 bridgehead atoms. The molecule has 3 aromatic rings. The number of pyridine rings is 1. The predicted octanol–water partition coefficient (Wildman–Crippen LogP) is 1.86. The molecule has 3 aromatic heterocycles. The number of hydrogen-bond acceptors (Lipinski definition) is 5. The van der Waals surface area contributed by atoms with Crippen molar-refractivity contribution in [2.75, 3.05) is 6.54 Å². The molecule has 0 aromatic carbocycles. The average Bonchev–Trinajstić information content (AvgIpc) is 3.20. The van der Waals surface area contributed by atoms with E-state index in [1.807, 2.05) is 37.6 Å². The third-order valence-electron chi connectivity index (χ3n) is 3.81. The summed E-state index contributed by atoms with van der Waals surface area (Å²) in [7, 11) is 0. The van der Waals surface area contributed by atoms with Crippen LogP contribution < -0.4 is 10.1 Å². The van der Waals surface area contributed by atoms with Crippen molar-refractivity contribution >= 4 is 5.91 Å². The molecule has 0 unspecified atom stereocenters. The maximum atomic E-state index is 12.3. The van der Waals surface area contributed by atoms with E-state index in [2.05, 4.69) is 25.6 Å². The molecule has 0 fully saturated rings. The Kier molecular flexibility index (Phi) is 5.31. The lowest BCUT2D eigenvalue weighted by Crippen LogP contribution is -2.33. The molecule has 0 aliphatic carbocycles. The van der Waals surface area contributed by atoms with Crippen molar-refractivity contribution in [1.82, 2.24) is 30.3 Å². The molecule has 26 heavy (non-hydrogen) atoms. The quantitative estimate of drug-likeness (QED) is 0.675. The fourth-order valence-corrected chi connectivity index (χ4v) is 2.57. The number of nitrogens with zero attached hydrogens (tertiary/aromatic N) is 4. The Morgan fingerprint density at radius 2 is 2.23 bits per heavy atom. The number of carbonyl (C=O) groups is 1. The van der Waals surface area contributed by atoms with Crippen LogP contribution in [0.15, 0.2) is 36.7 Å². The fourth-order valence-electron chi connectivity index (χ4n) is 2.57. The minimum absolute atomic E-state index is 0.184. The first kappa shape index (κ1) is 17.7. The van der Waals surface area contributed by atoms with E-state index in [-0.39, 0.29) is 12.0 Å². The van der Waals surface area contributed by atoms with Crippen LogP contribution in [0, 0.1) is 13.8 Å². The van der Waals surface area contributed by atoms with Crippen molar-refractivity contribution in [3.05, 3.63) is 59.4 Å². The molecule has 0 saturated heterocycles. The normalized spacial score (nSPS) is 12.0. The van der Waals surface area contributed by atoms with Crippen molar-refractivity contribution in [2.24, 2.45) is 0 Å². The van der Waals surface area contributed by atoms with Gasteiger partial charge in [0.15, 0.2) is 0 Å². The number of aromatic amines is 1. The van der Waals surface area contributed by atoms with Crippen LogP contribution in [0.1, 0.15) is 34.5 Å². The van der Waals surface area contributed by atoms with Gasteiger partial charge in [-0.15, -0.1) is 0 Å². The third kappa shape index (κ3) is 4.47. The molecular formula is C18H22N6O2. The largest absolute Gasteiger partial charge is 0.487 e. The van der Waals surface area contributed by atoms with Gasteiger partial charge in [-0.2, -0.15) is 10.2 Å². The second kappa shape index (κ2) is 7.81. The highest BCUT2D eigenvalue weighted by molar-refractivity contribution is 5.92. The minimum Gasteiger partial charge on any atom is -0.487 e. The lowest BCUT2D eigenvalue weighted by molar-refractivity contribution is 0.0927. The Morgan fingerprint density at radius 3 is 2.92 bits per heavy atom. The molecule has 0 spiro atoms. The molecule has 0 radical (unpaired) electrons. The van der Waals surface area contributed by atoms with Crippen molar-refractivity contribution in [3.8, 4) is 5.75 Å². The van der Waals surface area contributed by atoms with Crippen molar-refractivity contribution in [1.29, 1.82) is 0 Å². The van der Waals surface area contributed by atoms with Crippen LogP contribution >= 0.6 is 0 Å². The Morgan fingerprint density at radius 1 is 1.38 bits per heavy atom. The van der Waals surface area contributed by atoms with E-state index in [0.717, 1.165) is 17.1 Å². The lowest BCUT2D eigenvalue weighted by Gasteiger charge is -2.14. The Labute approximate surface area is 151 Å². The molecule has 136 valence electrons. The highest BCUT2D eigenvalue weighted by Gasteiger charge is 2.13. The van der Waals surface area contributed by atoms with Crippen LogP contribution in [0.4, 0.5) is 0 Å². The fraction of sp³-hybridized carbons (Fsp3) is 0.333. The van der Waals surface area contributed by atoms with Gasteiger partial charge < -0.3 is 10.1 Å². The molecule has 3 rings (SSSR count). The summed E-state index contributed by atoms with van der Waals surface area (Å²) in [5.74, 6) is 0.420. The summed E-state index contributed by atoms with van der Waals surface area (Å²) >= 11 is 0. The molecule has 1 atom stereocenters. The number of nitrogens with one attached hydrogen (secondary N) is 2. The maximum absolute atomic E-state index is 12.3. The summed E-state index contributed by atoms with van der Waals surface area (Å²) in [6, 6.07) is 7.37. The number of aryl methyl sites for hydroxylation is 2. The second-order valence-electron chi connectivity index (χ2n) is 6.19. The number of carbonyl (C=O) groups excluding carboxylic acids is 1. The van der Waals surface area contributed by atoms with E-state index in [1.54, 1.807) is 24.5 Å². The van der Waals surface area contributed by atoms with Crippen LogP contribution in [-0.4, -0.2) is 43.5 Å². The van der Waals surface area contributed by atoms with Crippen LogP contribution in [-0.2, 0) is 6.54 Å². The Hall–Kier alpha value is -3.16. The van der Waals surface area contributed by atoms with Gasteiger partial charge in [-0.05, 0) is 45.0 Å². The van der Waals surface area contributed by atoms with Gasteiger partial charge in [0.1, 0.15) is 17.5 Å². The monoisotopic (exact) mass is 354 g/mol. The Balaban J connectivity index is 1.52. The highest BCUT2D eigenvalue weighted by atomic mass is 16.5. The van der Waals surface area contributed by atoms with Gasteiger partial charge in [0.2, 0.25) is 0 Å². The van der Waals surface area contributed by atoms with Gasteiger partial charge >= 0.3 is 0 Å². The van der Waals surface area contributed by atoms with Crippen LogP contribution in [0.25, 0.3) is 0 Å². The number of hydrogen-bond donors (Lipinski definition) is 2. The zero-order chi connectivity index (χ0) is 18.5. The molecule has 0 saturated carbocycles. The average molecular weight is 354 g/mol. The number of ether oxygens (including phenoxy) is 1. The van der Waals surface area contributed by atoms with Gasteiger partial charge in [-0.3, -0.25) is 19.6 Å². The highest BCUT2D eigenvalue weighted by Crippen LogP contribution is 2.09. The SMILES string of the molecule is Cc1cc(C)n(Cc2cc(C(=O)NC[C@@H](C)Oc3cccnc3)n[nH]2)n1. The molecule has 8 heteroatoms. The first-order valence-electron chi connectivity index (χ1n) is 8.41. The molecule has 2 N–H and O–H groups in total. The number of rotatable bonds is 7. The number of amides is 1. The number of H-pyrrole nitrogens is 1. The summed E-state index contributed by atoms with van der Waals surface area (Å²) in [6.45, 7) is 6.73. The molecule has 3 heterocycles.